The van der Waals surface area contributed by atoms with Crippen LogP contribution in [0.2, 0.25) is 0 Å². The second-order valence-corrected chi connectivity index (χ2v) is 7.14. The van der Waals surface area contributed by atoms with Crippen LogP contribution in [0.25, 0.3) is 0 Å². The Hall–Kier alpha value is -2.76. The Kier molecular flexibility index (Phi) is 7.12. The van der Waals surface area contributed by atoms with Gasteiger partial charge in [-0.1, -0.05) is 23.8 Å². The monoisotopic (exact) mass is 382 g/mol. The molecule has 0 atom stereocenters. The van der Waals surface area contributed by atoms with Gasteiger partial charge in [0.1, 0.15) is 11.5 Å². The number of nitrogens with one attached hydrogen (secondary N) is 2. The number of aryl methyl sites for hydroxylation is 1. The number of anilines is 1. The Morgan fingerprint density at radius 1 is 1.11 bits per heavy atom. The van der Waals surface area contributed by atoms with Gasteiger partial charge < -0.3 is 10.6 Å². The van der Waals surface area contributed by atoms with E-state index < -0.39 is 0 Å². The van der Waals surface area contributed by atoms with Crippen molar-refractivity contribution in [2.75, 3.05) is 18.4 Å². The van der Waals surface area contributed by atoms with E-state index >= 15 is 0 Å². The van der Waals surface area contributed by atoms with Crippen molar-refractivity contribution in [1.29, 1.82) is 0 Å². The lowest BCUT2D eigenvalue weighted by Gasteiger charge is -2.13. The predicted octanol–water partition coefficient (Wildman–Crippen LogP) is 4.20. The van der Waals surface area contributed by atoms with Gasteiger partial charge in [-0.2, -0.15) is 0 Å². The van der Waals surface area contributed by atoms with Crippen LogP contribution < -0.4 is 10.6 Å². The molecule has 0 radical (unpaired) electrons. The van der Waals surface area contributed by atoms with Crippen molar-refractivity contribution in [2.24, 2.45) is 0 Å². The zero-order valence-corrected chi connectivity index (χ0v) is 16.3. The molecule has 1 heterocycles. The number of amides is 1. The van der Waals surface area contributed by atoms with Gasteiger partial charge in [0.2, 0.25) is 5.95 Å². The fourth-order valence-electron chi connectivity index (χ4n) is 3.29. The lowest BCUT2D eigenvalue weighted by molar-refractivity contribution is 0.0949. The number of carbonyl (C=O) groups is 1. The molecule has 2 aromatic rings. The van der Waals surface area contributed by atoms with Gasteiger partial charge in [0, 0.05) is 18.8 Å². The third kappa shape index (κ3) is 6.15. The highest BCUT2D eigenvalue weighted by Crippen LogP contribution is 2.19. The summed E-state index contributed by atoms with van der Waals surface area (Å²) >= 11 is 0. The van der Waals surface area contributed by atoms with Crippen LogP contribution in [0.15, 0.2) is 42.0 Å². The maximum atomic E-state index is 13.0. The molecule has 0 saturated carbocycles. The van der Waals surface area contributed by atoms with Gasteiger partial charge in [0.15, 0.2) is 0 Å². The average Bonchev–Trinajstić information content (AvgIpc) is 2.70. The van der Waals surface area contributed by atoms with Crippen molar-refractivity contribution >= 4 is 11.9 Å². The predicted molar refractivity (Wildman–Crippen MR) is 109 cm³/mol. The zero-order chi connectivity index (χ0) is 19.8. The second kappa shape index (κ2) is 9.97. The largest absolute Gasteiger partial charge is 0.354 e. The van der Waals surface area contributed by atoms with E-state index in [9.17, 15) is 9.18 Å². The fourth-order valence-corrected chi connectivity index (χ4v) is 3.29. The number of aromatic nitrogens is 2. The van der Waals surface area contributed by atoms with E-state index in [1.165, 1.54) is 30.5 Å². The van der Waals surface area contributed by atoms with Crippen LogP contribution in [0.5, 0.6) is 0 Å². The molecular formula is C22H27FN4O. The zero-order valence-electron chi connectivity index (χ0n) is 16.3. The van der Waals surface area contributed by atoms with E-state index in [1.807, 2.05) is 6.92 Å². The standard InChI is InChI=1S/C22H27FN4O/c1-16-15-20(21(28)24-13-11-17-5-3-2-4-6-17)27-22(26-16)25-14-12-18-7-9-19(23)10-8-18/h5,7-10,15H,2-4,6,11-14H2,1H3,(H,24,28)(H,25,26,27). The summed E-state index contributed by atoms with van der Waals surface area (Å²) in [5.74, 6) is 0.0138. The van der Waals surface area contributed by atoms with Crippen molar-refractivity contribution in [1.82, 2.24) is 15.3 Å². The summed E-state index contributed by atoms with van der Waals surface area (Å²) in [6.07, 6.45) is 8.73. The van der Waals surface area contributed by atoms with Crippen LogP contribution in [-0.4, -0.2) is 29.0 Å². The Balaban J connectivity index is 1.50. The molecule has 1 aromatic carbocycles. The maximum Gasteiger partial charge on any atom is 0.270 e. The highest BCUT2D eigenvalue weighted by atomic mass is 19.1. The van der Waals surface area contributed by atoms with Crippen LogP contribution >= 0.6 is 0 Å². The molecule has 5 nitrogen and oxygen atoms in total. The highest BCUT2D eigenvalue weighted by Gasteiger charge is 2.11. The SMILES string of the molecule is Cc1cc(C(=O)NCCC2=CCCCC2)nc(NCCc2ccc(F)cc2)n1. The Labute approximate surface area is 165 Å². The van der Waals surface area contributed by atoms with Crippen molar-refractivity contribution in [2.45, 2.75) is 45.4 Å². The van der Waals surface area contributed by atoms with Gasteiger partial charge in [-0.05, 0) is 69.2 Å². The van der Waals surface area contributed by atoms with Crippen LogP contribution in [0, 0.1) is 12.7 Å². The van der Waals surface area contributed by atoms with Crippen LogP contribution in [0.3, 0.4) is 0 Å². The number of hydrogen-bond acceptors (Lipinski definition) is 4. The summed E-state index contributed by atoms with van der Waals surface area (Å²) in [7, 11) is 0. The molecule has 1 aliphatic rings. The van der Waals surface area contributed by atoms with Gasteiger partial charge in [-0.25, -0.2) is 14.4 Å². The first-order chi connectivity index (χ1) is 13.6. The molecule has 0 aliphatic heterocycles. The molecule has 6 heteroatoms. The van der Waals surface area contributed by atoms with Crippen molar-refractivity contribution < 1.29 is 9.18 Å². The first-order valence-electron chi connectivity index (χ1n) is 9.90. The normalized spacial score (nSPS) is 13.7. The summed E-state index contributed by atoms with van der Waals surface area (Å²) in [6.45, 7) is 3.07. The molecule has 1 aromatic heterocycles. The molecule has 3 rings (SSSR count). The summed E-state index contributed by atoms with van der Waals surface area (Å²) in [4.78, 5) is 21.1. The molecule has 0 unspecified atom stereocenters. The molecule has 28 heavy (non-hydrogen) atoms. The van der Waals surface area contributed by atoms with E-state index in [0.717, 1.165) is 30.5 Å². The number of benzene rings is 1. The van der Waals surface area contributed by atoms with Crippen molar-refractivity contribution in [3.05, 3.63) is 64.7 Å². The lowest BCUT2D eigenvalue weighted by atomic mass is 9.97. The molecule has 148 valence electrons. The van der Waals surface area contributed by atoms with E-state index in [0.29, 0.717) is 31.2 Å². The van der Waals surface area contributed by atoms with Crippen LogP contribution in [-0.2, 0) is 6.42 Å². The Morgan fingerprint density at radius 2 is 1.93 bits per heavy atom. The summed E-state index contributed by atoms with van der Waals surface area (Å²) in [5, 5.41) is 6.10. The topological polar surface area (TPSA) is 66.9 Å². The average molecular weight is 382 g/mol. The molecule has 2 N–H and O–H groups in total. The van der Waals surface area contributed by atoms with Gasteiger partial charge in [0.05, 0.1) is 0 Å². The minimum atomic E-state index is -0.242. The van der Waals surface area contributed by atoms with Gasteiger partial charge in [-0.3, -0.25) is 4.79 Å². The van der Waals surface area contributed by atoms with Gasteiger partial charge in [0.25, 0.3) is 5.91 Å². The number of carbonyl (C=O) groups excluding carboxylic acids is 1. The van der Waals surface area contributed by atoms with Gasteiger partial charge >= 0.3 is 0 Å². The van der Waals surface area contributed by atoms with Crippen LogP contribution in [0.1, 0.15) is 53.8 Å². The third-order valence-electron chi connectivity index (χ3n) is 4.81. The van der Waals surface area contributed by atoms with Crippen molar-refractivity contribution in [3.63, 3.8) is 0 Å². The molecular weight excluding hydrogens is 355 g/mol. The quantitative estimate of drug-likeness (QED) is 0.672. The number of halogens is 1. The lowest BCUT2D eigenvalue weighted by Crippen LogP contribution is -2.26. The first-order valence-corrected chi connectivity index (χ1v) is 9.90. The number of allylic oxidation sites excluding steroid dienone is 1. The fraction of sp³-hybridized carbons (Fsp3) is 0.409. The number of nitrogens with zero attached hydrogens (tertiary/aromatic N) is 2. The van der Waals surface area contributed by atoms with Gasteiger partial charge in [-0.15, -0.1) is 0 Å². The Bertz CT molecular complexity index is 833. The second-order valence-electron chi connectivity index (χ2n) is 7.14. The number of rotatable bonds is 8. The minimum Gasteiger partial charge on any atom is -0.354 e. The van der Waals surface area contributed by atoms with E-state index in [-0.39, 0.29) is 11.7 Å². The van der Waals surface area contributed by atoms with E-state index in [2.05, 4.69) is 26.7 Å². The first kappa shape index (κ1) is 20.0. The maximum absolute atomic E-state index is 13.0. The summed E-state index contributed by atoms with van der Waals surface area (Å²) in [6, 6.07) is 8.11. The summed E-state index contributed by atoms with van der Waals surface area (Å²) in [5.41, 5.74) is 3.57. The summed E-state index contributed by atoms with van der Waals surface area (Å²) < 4.78 is 13.0. The minimum absolute atomic E-state index is 0.177. The third-order valence-corrected chi connectivity index (χ3v) is 4.81. The van der Waals surface area contributed by atoms with E-state index in [4.69, 9.17) is 0 Å². The molecule has 0 saturated heterocycles. The van der Waals surface area contributed by atoms with Crippen molar-refractivity contribution in [3.8, 4) is 0 Å². The molecule has 0 spiro atoms. The van der Waals surface area contributed by atoms with E-state index in [1.54, 1.807) is 18.2 Å². The Morgan fingerprint density at radius 3 is 2.68 bits per heavy atom. The number of hydrogen-bond donors (Lipinski definition) is 2. The molecule has 1 aliphatic carbocycles. The molecule has 0 bridgehead atoms. The smallest absolute Gasteiger partial charge is 0.270 e. The molecule has 1 amide bonds. The van der Waals surface area contributed by atoms with Crippen LogP contribution in [0.4, 0.5) is 10.3 Å². The molecule has 0 fully saturated rings. The highest BCUT2D eigenvalue weighted by molar-refractivity contribution is 5.92.